The first-order valence-electron chi connectivity index (χ1n) is 12.8. The number of nitrogen functional groups attached to an aromatic ring is 1. The molecule has 208 valence electrons. The maximum Gasteiger partial charge on any atom is 0.346 e. The molecule has 4 aromatic rings. The molecule has 4 aromatic carbocycles. The van der Waals surface area contributed by atoms with Crippen molar-refractivity contribution in [3.05, 3.63) is 130 Å². The molecular formula is C32H28N2O7. The molecule has 4 N–H and O–H groups in total. The van der Waals surface area contributed by atoms with Crippen molar-refractivity contribution >= 4 is 35.1 Å². The number of hydrogen-bond donors (Lipinski definition) is 3. The second-order valence-corrected chi connectivity index (χ2v) is 9.07. The first-order chi connectivity index (χ1) is 19.8. The Morgan fingerprint density at radius 3 is 1.37 bits per heavy atom. The molecule has 2 heterocycles. The summed E-state index contributed by atoms with van der Waals surface area (Å²) < 4.78 is 4.35. The number of fused-ring (bicyclic) bond motifs is 2. The fourth-order valence-corrected chi connectivity index (χ4v) is 4.21. The Labute approximate surface area is 236 Å². The van der Waals surface area contributed by atoms with E-state index in [1.165, 1.54) is 4.90 Å². The van der Waals surface area contributed by atoms with Crippen LogP contribution < -0.4 is 10.6 Å². The number of carbonyl (C=O) groups excluding carboxylic acids is 4. The maximum atomic E-state index is 12.3. The third-order valence-electron chi connectivity index (χ3n) is 6.32. The first kappa shape index (κ1) is 28.9. The van der Waals surface area contributed by atoms with Gasteiger partial charge in [-0.05, 0) is 72.5 Å². The number of nitrogens with zero attached hydrogens (tertiary/aromatic N) is 1. The Morgan fingerprint density at radius 2 is 0.951 bits per heavy atom. The normalized spacial score (nSPS) is 13.0. The molecule has 0 bridgehead atoms. The fourth-order valence-electron chi connectivity index (χ4n) is 4.21. The predicted octanol–water partition coefficient (Wildman–Crippen LogP) is 3.82. The van der Waals surface area contributed by atoms with Crippen molar-refractivity contribution in [1.82, 2.24) is 0 Å². The first-order valence-corrected chi connectivity index (χ1v) is 12.8. The van der Waals surface area contributed by atoms with Gasteiger partial charge in [-0.1, -0.05) is 48.5 Å². The van der Waals surface area contributed by atoms with Gasteiger partial charge in [0.1, 0.15) is 0 Å². The Balaban J connectivity index is 0.000000156. The second-order valence-electron chi connectivity index (χ2n) is 9.07. The molecule has 0 unspecified atom stereocenters. The second kappa shape index (κ2) is 13.3. The molecular weight excluding hydrogens is 524 g/mol. The summed E-state index contributed by atoms with van der Waals surface area (Å²) in [4.78, 5) is 47.4. The van der Waals surface area contributed by atoms with Crippen LogP contribution >= 0.6 is 0 Å². The van der Waals surface area contributed by atoms with Crippen LogP contribution in [0.2, 0.25) is 0 Å². The number of benzene rings is 4. The number of ether oxygens (including phenoxy) is 1. The number of rotatable bonds is 5. The number of aliphatic hydroxyl groups is 2. The van der Waals surface area contributed by atoms with Gasteiger partial charge in [-0.15, -0.1) is 0 Å². The molecule has 0 saturated heterocycles. The van der Waals surface area contributed by atoms with Crippen molar-refractivity contribution in [2.45, 2.75) is 12.8 Å². The molecule has 9 nitrogen and oxygen atoms in total. The van der Waals surface area contributed by atoms with Gasteiger partial charge in [0.05, 0.1) is 27.9 Å². The van der Waals surface area contributed by atoms with E-state index >= 15 is 0 Å². The van der Waals surface area contributed by atoms with Crippen molar-refractivity contribution < 1.29 is 34.1 Å². The van der Waals surface area contributed by atoms with Gasteiger partial charge in [0.2, 0.25) is 0 Å². The van der Waals surface area contributed by atoms with Crippen LogP contribution in [-0.2, 0) is 17.6 Å². The maximum absolute atomic E-state index is 12.3. The van der Waals surface area contributed by atoms with Gasteiger partial charge < -0.3 is 20.7 Å². The molecule has 0 aliphatic carbocycles. The number of carbonyl (C=O) groups is 4. The molecule has 0 aromatic heterocycles. The third-order valence-corrected chi connectivity index (χ3v) is 6.32. The molecule has 0 spiro atoms. The van der Waals surface area contributed by atoms with Crippen LogP contribution in [0.1, 0.15) is 52.6 Å². The van der Waals surface area contributed by atoms with Gasteiger partial charge in [0.15, 0.2) is 0 Å². The van der Waals surface area contributed by atoms with Gasteiger partial charge in [-0.3, -0.25) is 9.59 Å². The van der Waals surface area contributed by atoms with Crippen LogP contribution in [-0.4, -0.2) is 47.2 Å². The van der Waals surface area contributed by atoms with E-state index in [1.54, 1.807) is 60.7 Å². The van der Waals surface area contributed by atoms with E-state index < -0.39 is 11.9 Å². The molecule has 0 fully saturated rings. The quantitative estimate of drug-likeness (QED) is 0.147. The zero-order valence-corrected chi connectivity index (χ0v) is 22.0. The van der Waals surface area contributed by atoms with Gasteiger partial charge in [-0.2, -0.15) is 0 Å². The zero-order chi connectivity index (χ0) is 29.4. The molecule has 2 aliphatic heterocycles. The topological polar surface area (TPSA) is 147 Å². The van der Waals surface area contributed by atoms with Gasteiger partial charge >= 0.3 is 11.9 Å². The van der Waals surface area contributed by atoms with Gasteiger partial charge in [0, 0.05) is 18.9 Å². The monoisotopic (exact) mass is 552 g/mol. The highest BCUT2D eigenvalue weighted by Crippen LogP contribution is 2.28. The standard InChI is InChI=1S/C16H13NO3.C8H11NO.C8H4O3/c18-10-9-11-5-7-12(8-6-11)17-15(19)13-3-1-2-4-14(13)16(17)20;9-8-3-1-7(2-4-8)5-6-10;9-7-5-3-1-2-4-6(5)8(10)11-7/h1-8,18H,9-10H2;1-4,10H,5-6,9H2;1-4H. The summed E-state index contributed by atoms with van der Waals surface area (Å²) in [5.41, 5.74) is 10.5. The summed E-state index contributed by atoms with van der Waals surface area (Å²) in [5, 5.41) is 17.4. The van der Waals surface area contributed by atoms with Crippen LogP contribution in [0.15, 0.2) is 97.1 Å². The Morgan fingerprint density at radius 1 is 0.561 bits per heavy atom. The van der Waals surface area contributed by atoms with Crippen LogP contribution in [0.4, 0.5) is 11.4 Å². The van der Waals surface area contributed by atoms with Crippen molar-refractivity contribution in [2.75, 3.05) is 23.8 Å². The Bertz CT molecular complexity index is 1500. The molecule has 2 aliphatic rings. The van der Waals surface area contributed by atoms with Crippen molar-refractivity contribution in [1.29, 1.82) is 0 Å². The average molecular weight is 553 g/mol. The number of hydrogen-bond acceptors (Lipinski definition) is 8. The number of imide groups is 1. The molecule has 0 radical (unpaired) electrons. The van der Waals surface area contributed by atoms with Crippen LogP contribution in [0, 0.1) is 0 Å². The lowest BCUT2D eigenvalue weighted by molar-refractivity contribution is 0.0443. The highest BCUT2D eigenvalue weighted by Gasteiger charge is 2.36. The summed E-state index contributed by atoms with van der Waals surface area (Å²) >= 11 is 0. The van der Waals surface area contributed by atoms with E-state index in [0.29, 0.717) is 40.8 Å². The fraction of sp³-hybridized carbons (Fsp3) is 0.125. The smallest absolute Gasteiger partial charge is 0.346 e. The summed E-state index contributed by atoms with van der Waals surface area (Å²) in [6.45, 7) is 0.274. The molecule has 2 amide bonds. The van der Waals surface area contributed by atoms with Crippen LogP contribution in [0.5, 0.6) is 0 Å². The van der Waals surface area contributed by atoms with Gasteiger partial charge in [-0.25, -0.2) is 14.5 Å². The van der Waals surface area contributed by atoms with Gasteiger partial charge in [0.25, 0.3) is 11.8 Å². The molecule has 6 rings (SSSR count). The number of cyclic esters (lactones) is 2. The highest BCUT2D eigenvalue weighted by molar-refractivity contribution is 6.34. The SMILES string of the molecule is Nc1ccc(CCO)cc1.O=C1OC(=O)c2ccccc21.O=C1c2ccccc2C(=O)N1c1ccc(CCO)cc1. The number of nitrogens with two attached hydrogens (primary N) is 1. The Kier molecular flexibility index (Phi) is 9.36. The molecule has 9 heteroatoms. The number of esters is 2. The van der Waals surface area contributed by atoms with E-state index in [4.69, 9.17) is 15.9 Å². The molecule has 41 heavy (non-hydrogen) atoms. The lowest BCUT2D eigenvalue weighted by Crippen LogP contribution is -2.29. The number of anilines is 2. The minimum absolute atomic E-state index is 0.0758. The lowest BCUT2D eigenvalue weighted by atomic mass is 10.1. The summed E-state index contributed by atoms with van der Waals surface area (Å²) in [6, 6.07) is 28.0. The summed E-state index contributed by atoms with van der Waals surface area (Å²) in [7, 11) is 0. The molecule has 0 atom stereocenters. The lowest BCUT2D eigenvalue weighted by Gasteiger charge is -2.14. The number of aliphatic hydroxyl groups excluding tert-OH is 2. The summed E-state index contributed by atoms with van der Waals surface area (Å²) in [6.07, 6.45) is 1.27. The minimum atomic E-state index is -0.550. The van der Waals surface area contributed by atoms with Crippen molar-refractivity contribution in [3.8, 4) is 0 Å². The summed E-state index contributed by atoms with van der Waals surface area (Å²) in [5.74, 6) is -1.68. The molecule has 0 saturated carbocycles. The van der Waals surface area contributed by atoms with Crippen LogP contribution in [0.3, 0.4) is 0 Å². The average Bonchev–Trinajstić information content (AvgIpc) is 3.43. The van der Waals surface area contributed by atoms with E-state index in [1.807, 2.05) is 36.4 Å². The van der Waals surface area contributed by atoms with Crippen LogP contribution in [0.25, 0.3) is 0 Å². The number of amides is 2. The van der Waals surface area contributed by atoms with Crippen molar-refractivity contribution in [2.24, 2.45) is 0 Å². The predicted molar refractivity (Wildman–Crippen MR) is 153 cm³/mol. The Hall–Kier alpha value is -5.12. The van der Waals surface area contributed by atoms with E-state index in [9.17, 15) is 19.2 Å². The van der Waals surface area contributed by atoms with E-state index in [-0.39, 0.29) is 25.0 Å². The van der Waals surface area contributed by atoms with E-state index in [0.717, 1.165) is 16.8 Å². The van der Waals surface area contributed by atoms with Crippen molar-refractivity contribution in [3.63, 3.8) is 0 Å². The van der Waals surface area contributed by atoms with E-state index in [2.05, 4.69) is 4.74 Å². The zero-order valence-electron chi connectivity index (χ0n) is 22.0. The highest BCUT2D eigenvalue weighted by atomic mass is 16.6. The third kappa shape index (κ3) is 6.73. The largest absolute Gasteiger partial charge is 0.399 e. The minimum Gasteiger partial charge on any atom is -0.399 e.